The van der Waals surface area contributed by atoms with Gasteiger partial charge in [0.2, 0.25) is 5.91 Å². The first-order chi connectivity index (χ1) is 11.2. The molecule has 0 aliphatic carbocycles. The number of hydrogen-bond acceptors (Lipinski definition) is 4. The number of carbonyl (C=O) groups is 1. The topological polar surface area (TPSA) is 48.0 Å². The van der Waals surface area contributed by atoms with Crippen molar-refractivity contribution < 1.29 is 19.0 Å². The number of para-hydroxylation sites is 2. The number of methoxy groups -OCH3 is 2. The quantitative estimate of drug-likeness (QED) is 0.871. The molecule has 1 aliphatic rings. The third kappa shape index (κ3) is 3.08. The van der Waals surface area contributed by atoms with E-state index in [4.69, 9.17) is 14.2 Å². The Morgan fingerprint density at radius 1 is 1.13 bits per heavy atom. The molecule has 0 atom stereocenters. The largest absolute Gasteiger partial charge is 0.493 e. The van der Waals surface area contributed by atoms with E-state index in [9.17, 15) is 4.79 Å². The number of anilines is 1. The summed E-state index contributed by atoms with van der Waals surface area (Å²) in [4.78, 5) is 14.5. The highest BCUT2D eigenvalue weighted by Gasteiger charge is 2.23. The van der Waals surface area contributed by atoms with Gasteiger partial charge in [-0.05, 0) is 29.8 Å². The van der Waals surface area contributed by atoms with Crippen LogP contribution in [0.1, 0.15) is 5.56 Å². The lowest BCUT2D eigenvalue weighted by Crippen LogP contribution is -2.38. The van der Waals surface area contributed by atoms with Gasteiger partial charge in [0.15, 0.2) is 11.5 Å². The first-order valence-corrected chi connectivity index (χ1v) is 7.46. The zero-order chi connectivity index (χ0) is 16.2. The van der Waals surface area contributed by atoms with Gasteiger partial charge < -0.3 is 19.1 Å². The lowest BCUT2D eigenvalue weighted by Gasteiger charge is -2.29. The summed E-state index contributed by atoms with van der Waals surface area (Å²) >= 11 is 0. The van der Waals surface area contributed by atoms with Gasteiger partial charge in [-0.15, -0.1) is 0 Å². The summed E-state index contributed by atoms with van der Waals surface area (Å²) in [6.45, 7) is 1.07. The van der Waals surface area contributed by atoms with Crippen molar-refractivity contribution in [2.45, 2.75) is 6.42 Å². The Morgan fingerprint density at radius 3 is 2.70 bits per heavy atom. The molecule has 0 saturated heterocycles. The zero-order valence-corrected chi connectivity index (χ0v) is 13.2. The van der Waals surface area contributed by atoms with Crippen LogP contribution in [0.15, 0.2) is 42.5 Å². The summed E-state index contributed by atoms with van der Waals surface area (Å²) in [7, 11) is 3.18. The average molecular weight is 313 g/mol. The van der Waals surface area contributed by atoms with E-state index in [0.717, 1.165) is 17.0 Å². The van der Waals surface area contributed by atoms with Gasteiger partial charge in [-0.3, -0.25) is 4.79 Å². The number of carbonyl (C=O) groups excluding carboxylic acids is 1. The SMILES string of the molecule is COc1ccc(CC(=O)N2CCOc3ccccc32)cc1OC. The number of hydrogen-bond donors (Lipinski definition) is 0. The maximum atomic E-state index is 12.7. The van der Waals surface area contributed by atoms with Crippen LogP contribution in [-0.2, 0) is 11.2 Å². The summed E-state index contributed by atoms with van der Waals surface area (Å²) in [5.41, 5.74) is 1.71. The molecule has 0 unspecified atom stereocenters. The van der Waals surface area contributed by atoms with Crippen LogP contribution in [-0.4, -0.2) is 33.3 Å². The molecule has 2 aromatic carbocycles. The van der Waals surface area contributed by atoms with E-state index in [-0.39, 0.29) is 5.91 Å². The molecule has 1 heterocycles. The number of amides is 1. The molecule has 5 nitrogen and oxygen atoms in total. The van der Waals surface area contributed by atoms with Crippen LogP contribution < -0.4 is 19.1 Å². The second kappa shape index (κ2) is 6.60. The van der Waals surface area contributed by atoms with Crippen molar-refractivity contribution in [3.63, 3.8) is 0 Å². The van der Waals surface area contributed by atoms with Gasteiger partial charge in [0.05, 0.1) is 32.9 Å². The van der Waals surface area contributed by atoms with E-state index < -0.39 is 0 Å². The average Bonchev–Trinajstić information content (AvgIpc) is 2.61. The van der Waals surface area contributed by atoms with Crippen molar-refractivity contribution in [2.75, 3.05) is 32.3 Å². The van der Waals surface area contributed by atoms with Gasteiger partial charge in [0.1, 0.15) is 12.4 Å². The van der Waals surface area contributed by atoms with Gasteiger partial charge in [-0.2, -0.15) is 0 Å². The molecule has 0 spiro atoms. The Hall–Kier alpha value is -2.69. The first kappa shape index (κ1) is 15.2. The minimum absolute atomic E-state index is 0.0352. The van der Waals surface area contributed by atoms with Crippen LogP contribution in [0, 0.1) is 0 Å². The third-order valence-electron chi connectivity index (χ3n) is 3.83. The van der Waals surface area contributed by atoms with Crippen molar-refractivity contribution >= 4 is 11.6 Å². The summed E-state index contributed by atoms with van der Waals surface area (Å²) < 4.78 is 16.1. The summed E-state index contributed by atoms with van der Waals surface area (Å²) in [5, 5.41) is 0. The van der Waals surface area contributed by atoms with Gasteiger partial charge in [-0.1, -0.05) is 18.2 Å². The predicted molar refractivity (Wildman–Crippen MR) is 87.5 cm³/mol. The van der Waals surface area contributed by atoms with Gasteiger partial charge >= 0.3 is 0 Å². The monoisotopic (exact) mass is 313 g/mol. The molecule has 0 radical (unpaired) electrons. The minimum atomic E-state index is 0.0352. The fourth-order valence-electron chi connectivity index (χ4n) is 2.69. The van der Waals surface area contributed by atoms with Crippen LogP contribution in [0.25, 0.3) is 0 Å². The van der Waals surface area contributed by atoms with E-state index in [0.29, 0.717) is 31.1 Å². The van der Waals surface area contributed by atoms with Gasteiger partial charge in [0.25, 0.3) is 0 Å². The van der Waals surface area contributed by atoms with Crippen LogP contribution in [0.4, 0.5) is 5.69 Å². The predicted octanol–water partition coefficient (Wildman–Crippen LogP) is 2.67. The Bertz CT molecular complexity index is 714. The van der Waals surface area contributed by atoms with E-state index in [1.807, 2.05) is 42.5 Å². The summed E-state index contributed by atoms with van der Waals surface area (Å²) in [5.74, 6) is 2.06. The molecule has 1 amide bonds. The fourth-order valence-corrected chi connectivity index (χ4v) is 2.69. The van der Waals surface area contributed by atoms with Gasteiger partial charge in [-0.25, -0.2) is 0 Å². The second-order valence-corrected chi connectivity index (χ2v) is 5.23. The minimum Gasteiger partial charge on any atom is -0.493 e. The molecule has 120 valence electrons. The number of benzene rings is 2. The maximum absolute atomic E-state index is 12.7. The van der Waals surface area contributed by atoms with Crippen LogP contribution in [0.5, 0.6) is 17.2 Å². The van der Waals surface area contributed by atoms with Crippen LogP contribution in [0.3, 0.4) is 0 Å². The molecule has 0 aromatic heterocycles. The molecular weight excluding hydrogens is 294 g/mol. The molecule has 0 saturated carbocycles. The Balaban J connectivity index is 1.80. The van der Waals surface area contributed by atoms with Crippen LogP contribution >= 0.6 is 0 Å². The maximum Gasteiger partial charge on any atom is 0.231 e. The smallest absolute Gasteiger partial charge is 0.231 e. The van der Waals surface area contributed by atoms with Crippen molar-refractivity contribution in [1.82, 2.24) is 0 Å². The Kier molecular flexibility index (Phi) is 4.37. The number of nitrogens with zero attached hydrogens (tertiary/aromatic N) is 1. The van der Waals surface area contributed by atoms with Crippen molar-refractivity contribution in [2.24, 2.45) is 0 Å². The molecule has 1 aliphatic heterocycles. The Labute approximate surface area is 135 Å². The van der Waals surface area contributed by atoms with E-state index in [1.54, 1.807) is 19.1 Å². The van der Waals surface area contributed by atoms with E-state index in [1.165, 1.54) is 0 Å². The fraction of sp³-hybridized carbons (Fsp3) is 0.278. The second-order valence-electron chi connectivity index (χ2n) is 5.23. The molecule has 0 N–H and O–H groups in total. The normalized spacial score (nSPS) is 13.0. The zero-order valence-electron chi connectivity index (χ0n) is 13.2. The van der Waals surface area contributed by atoms with Crippen molar-refractivity contribution in [3.05, 3.63) is 48.0 Å². The highest BCUT2D eigenvalue weighted by atomic mass is 16.5. The molecule has 2 aromatic rings. The lowest BCUT2D eigenvalue weighted by atomic mass is 10.1. The summed E-state index contributed by atoms with van der Waals surface area (Å²) in [6, 6.07) is 13.1. The summed E-state index contributed by atoms with van der Waals surface area (Å²) in [6.07, 6.45) is 0.300. The van der Waals surface area contributed by atoms with Gasteiger partial charge in [0, 0.05) is 0 Å². The van der Waals surface area contributed by atoms with Crippen molar-refractivity contribution in [3.8, 4) is 17.2 Å². The molecular formula is C18H19NO4. The van der Waals surface area contributed by atoms with E-state index in [2.05, 4.69) is 0 Å². The molecule has 5 heteroatoms. The van der Waals surface area contributed by atoms with Crippen LogP contribution in [0.2, 0.25) is 0 Å². The molecule has 0 bridgehead atoms. The standard InChI is InChI=1S/C18H19NO4/c1-21-16-8-7-13(11-17(16)22-2)12-18(20)19-9-10-23-15-6-4-3-5-14(15)19/h3-8,11H,9-10,12H2,1-2H3. The number of rotatable bonds is 4. The highest BCUT2D eigenvalue weighted by Crippen LogP contribution is 2.32. The first-order valence-electron chi connectivity index (χ1n) is 7.46. The highest BCUT2D eigenvalue weighted by molar-refractivity contribution is 5.96. The number of fused-ring (bicyclic) bond motifs is 1. The molecule has 3 rings (SSSR count). The third-order valence-corrected chi connectivity index (χ3v) is 3.83. The molecule has 23 heavy (non-hydrogen) atoms. The Morgan fingerprint density at radius 2 is 1.91 bits per heavy atom. The number of ether oxygens (including phenoxy) is 3. The van der Waals surface area contributed by atoms with Crippen molar-refractivity contribution in [1.29, 1.82) is 0 Å². The lowest BCUT2D eigenvalue weighted by molar-refractivity contribution is -0.118. The molecule has 0 fully saturated rings. The van der Waals surface area contributed by atoms with E-state index >= 15 is 0 Å².